The predicted octanol–water partition coefficient (Wildman–Crippen LogP) is -0.650. The highest BCUT2D eigenvalue weighted by molar-refractivity contribution is 5.62. The fourth-order valence-corrected chi connectivity index (χ4v) is 0.806. The van der Waals surface area contributed by atoms with Gasteiger partial charge in [0.2, 0.25) is 5.65 Å². The van der Waals surface area contributed by atoms with Gasteiger partial charge in [-0.05, 0) is 0 Å². The molecule has 2 aromatic rings. The Bertz CT molecular complexity index is 329. The molecule has 6 nitrogen and oxygen atoms in total. The summed E-state index contributed by atoms with van der Waals surface area (Å²) in [5, 5.41) is 16.4. The van der Waals surface area contributed by atoms with E-state index in [1.54, 1.807) is 0 Å². The van der Waals surface area contributed by atoms with Crippen molar-refractivity contribution in [1.82, 2.24) is 19.6 Å². The molecule has 0 spiro atoms. The third-order valence-electron chi connectivity index (χ3n) is 1.24. The van der Waals surface area contributed by atoms with Crippen LogP contribution in [-0.2, 0) is 0 Å². The molecule has 0 amide bonds. The molecule has 0 atom stereocenters. The Labute approximate surface area is 55.4 Å². The van der Waals surface area contributed by atoms with E-state index in [-0.39, 0.29) is 0 Å². The second-order valence-corrected chi connectivity index (χ2v) is 1.89. The fraction of sp³-hybridized carbons (Fsp3) is 0. The van der Waals surface area contributed by atoms with Gasteiger partial charge in [-0.25, -0.2) is 0 Å². The third-order valence-corrected chi connectivity index (χ3v) is 1.24. The summed E-state index contributed by atoms with van der Waals surface area (Å²) in [6.07, 6.45) is 2.65. The first-order valence-corrected chi connectivity index (χ1v) is 2.65. The number of nitrogens with two attached hydrogens (primary N) is 1. The van der Waals surface area contributed by atoms with Gasteiger partial charge in [0, 0.05) is 0 Å². The van der Waals surface area contributed by atoms with Gasteiger partial charge >= 0.3 is 0 Å². The lowest BCUT2D eigenvalue weighted by atomic mass is 10.6. The van der Waals surface area contributed by atoms with Crippen LogP contribution in [0.5, 0.6) is 0 Å². The van der Waals surface area contributed by atoms with Gasteiger partial charge in [0.1, 0.15) is 5.69 Å². The quantitative estimate of drug-likeness (QED) is 0.475. The normalized spacial score (nSPS) is 10.8. The van der Waals surface area contributed by atoms with Gasteiger partial charge < -0.3 is 10.9 Å². The first-order chi connectivity index (χ1) is 4.79. The van der Waals surface area contributed by atoms with E-state index < -0.39 is 0 Å². The first-order valence-electron chi connectivity index (χ1n) is 2.65. The van der Waals surface area contributed by atoms with Crippen molar-refractivity contribution in [3.05, 3.63) is 12.5 Å². The summed E-state index contributed by atoms with van der Waals surface area (Å²) in [6, 6.07) is 0. The lowest BCUT2D eigenvalue weighted by Crippen LogP contribution is -1.91. The summed E-state index contributed by atoms with van der Waals surface area (Å²) in [5.74, 6) is 0. The molecule has 0 aliphatic carbocycles. The van der Waals surface area contributed by atoms with Crippen molar-refractivity contribution in [2.75, 3.05) is 5.73 Å². The molecule has 0 saturated heterocycles. The van der Waals surface area contributed by atoms with E-state index >= 15 is 0 Å². The van der Waals surface area contributed by atoms with Crippen molar-refractivity contribution >= 4 is 11.3 Å². The summed E-state index contributed by atoms with van der Waals surface area (Å²) in [4.78, 5) is 0. The molecule has 2 rings (SSSR count). The zero-order valence-corrected chi connectivity index (χ0v) is 4.97. The number of rotatable bonds is 0. The summed E-state index contributed by atoms with van der Waals surface area (Å²) in [6.45, 7) is 0. The Morgan fingerprint density at radius 2 is 2.30 bits per heavy atom. The Balaban J connectivity index is 2.98. The van der Waals surface area contributed by atoms with Gasteiger partial charge in [0.05, 0.1) is 6.20 Å². The van der Waals surface area contributed by atoms with Gasteiger partial charge in [-0.3, -0.25) is 0 Å². The Morgan fingerprint density at radius 3 is 3.00 bits per heavy atom. The molecule has 0 bridgehead atoms. The van der Waals surface area contributed by atoms with Gasteiger partial charge in [-0.2, -0.15) is 9.83 Å². The zero-order valence-electron chi connectivity index (χ0n) is 4.97. The maximum Gasteiger partial charge on any atom is 0.216 e. The average Bonchev–Trinajstić information content (AvgIpc) is 2.40. The van der Waals surface area contributed by atoms with Crippen LogP contribution in [0, 0.1) is 0 Å². The maximum atomic E-state index is 8.99. The van der Waals surface area contributed by atoms with Crippen molar-refractivity contribution in [2.45, 2.75) is 0 Å². The van der Waals surface area contributed by atoms with Crippen LogP contribution in [0.15, 0.2) is 12.5 Å². The minimum absolute atomic E-state index is 0.389. The molecule has 0 unspecified atom stereocenters. The topological polar surface area (TPSA) is 81.4 Å². The molecule has 6 heteroatoms. The van der Waals surface area contributed by atoms with Crippen molar-refractivity contribution in [2.24, 2.45) is 0 Å². The van der Waals surface area contributed by atoms with Gasteiger partial charge in [0.25, 0.3) is 0 Å². The first kappa shape index (κ1) is 5.10. The van der Waals surface area contributed by atoms with Gasteiger partial charge in [-0.15, -0.1) is 9.73 Å². The minimum Gasteiger partial charge on any atom is -0.425 e. The molecule has 10 heavy (non-hydrogen) atoms. The SMILES string of the molecule is Nc1cnn2ncn(O)c12. The van der Waals surface area contributed by atoms with Crippen LogP contribution in [0.1, 0.15) is 0 Å². The smallest absolute Gasteiger partial charge is 0.216 e. The largest absolute Gasteiger partial charge is 0.425 e. The van der Waals surface area contributed by atoms with Crippen LogP contribution in [-0.4, -0.2) is 24.8 Å². The van der Waals surface area contributed by atoms with Crippen LogP contribution in [0.3, 0.4) is 0 Å². The molecule has 2 aromatic heterocycles. The number of hydrogen-bond acceptors (Lipinski definition) is 4. The second-order valence-electron chi connectivity index (χ2n) is 1.89. The Hall–Kier alpha value is -1.72. The van der Waals surface area contributed by atoms with E-state index in [0.29, 0.717) is 11.3 Å². The minimum atomic E-state index is 0.389. The Morgan fingerprint density at radius 1 is 1.50 bits per heavy atom. The Kier molecular flexibility index (Phi) is 0.717. The zero-order chi connectivity index (χ0) is 7.14. The van der Waals surface area contributed by atoms with E-state index in [4.69, 9.17) is 10.9 Å². The van der Waals surface area contributed by atoms with E-state index in [1.807, 2.05) is 0 Å². The van der Waals surface area contributed by atoms with Crippen molar-refractivity contribution in [3.63, 3.8) is 0 Å². The van der Waals surface area contributed by atoms with E-state index in [9.17, 15) is 0 Å². The molecule has 52 valence electrons. The summed E-state index contributed by atoms with van der Waals surface area (Å²) >= 11 is 0. The number of anilines is 1. The molecule has 0 aliphatic heterocycles. The van der Waals surface area contributed by atoms with Crippen LogP contribution >= 0.6 is 0 Å². The highest BCUT2D eigenvalue weighted by Gasteiger charge is 2.04. The van der Waals surface area contributed by atoms with E-state index in [2.05, 4.69) is 10.2 Å². The standard InChI is InChI=1S/C4H5N5O/c5-3-1-6-9-4(3)8(10)2-7-9/h1-2,10H,5H2. The van der Waals surface area contributed by atoms with Crippen LogP contribution in [0.4, 0.5) is 5.69 Å². The van der Waals surface area contributed by atoms with Gasteiger partial charge in [-0.1, -0.05) is 0 Å². The lowest BCUT2D eigenvalue weighted by molar-refractivity contribution is 0.197. The molecule has 0 fully saturated rings. The predicted molar refractivity (Wildman–Crippen MR) is 32.6 cm³/mol. The lowest BCUT2D eigenvalue weighted by Gasteiger charge is -1.86. The van der Waals surface area contributed by atoms with Crippen molar-refractivity contribution in [3.8, 4) is 0 Å². The number of hydrogen-bond donors (Lipinski definition) is 2. The van der Waals surface area contributed by atoms with Crippen molar-refractivity contribution in [1.29, 1.82) is 0 Å². The van der Waals surface area contributed by atoms with Crippen LogP contribution < -0.4 is 5.73 Å². The van der Waals surface area contributed by atoms with E-state index in [1.165, 1.54) is 17.2 Å². The number of nitrogen functional groups attached to an aromatic ring is 1. The third kappa shape index (κ3) is 0.426. The molecule has 0 aromatic carbocycles. The molecular weight excluding hydrogens is 134 g/mol. The summed E-state index contributed by atoms with van der Waals surface area (Å²) < 4.78 is 2.07. The summed E-state index contributed by atoms with van der Waals surface area (Å²) in [7, 11) is 0. The molecular formula is C4H5N5O. The fourth-order valence-electron chi connectivity index (χ4n) is 0.806. The van der Waals surface area contributed by atoms with E-state index in [0.717, 1.165) is 4.73 Å². The van der Waals surface area contributed by atoms with Gasteiger partial charge in [0.15, 0.2) is 6.33 Å². The molecule has 2 heterocycles. The highest BCUT2D eigenvalue weighted by atomic mass is 16.5. The van der Waals surface area contributed by atoms with Crippen molar-refractivity contribution < 1.29 is 5.21 Å². The maximum absolute atomic E-state index is 8.99. The molecule has 0 saturated carbocycles. The summed E-state index contributed by atoms with van der Waals surface area (Å²) in [5.41, 5.74) is 6.21. The highest BCUT2D eigenvalue weighted by Crippen LogP contribution is 2.08. The average molecular weight is 139 g/mol. The number of fused-ring (bicyclic) bond motifs is 1. The van der Waals surface area contributed by atoms with Crippen LogP contribution in [0.25, 0.3) is 5.65 Å². The number of aromatic nitrogens is 4. The van der Waals surface area contributed by atoms with Crippen LogP contribution in [0.2, 0.25) is 0 Å². The monoisotopic (exact) mass is 139 g/mol. The molecule has 3 N–H and O–H groups in total. The number of nitrogens with zero attached hydrogens (tertiary/aromatic N) is 4. The second kappa shape index (κ2) is 1.41. The molecule has 0 radical (unpaired) electrons. The molecule has 0 aliphatic rings.